The van der Waals surface area contributed by atoms with Crippen LogP contribution in [0.2, 0.25) is 0 Å². The van der Waals surface area contributed by atoms with E-state index in [4.69, 9.17) is 9.47 Å². The van der Waals surface area contributed by atoms with Crippen LogP contribution in [0, 0.1) is 0 Å². The molecule has 5 nitrogen and oxygen atoms in total. The summed E-state index contributed by atoms with van der Waals surface area (Å²) in [6, 6.07) is 0.367. The van der Waals surface area contributed by atoms with E-state index >= 15 is 0 Å². The maximum atomic E-state index is 5.72. The summed E-state index contributed by atoms with van der Waals surface area (Å²) in [6.07, 6.45) is 4.60. The fourth-order valence-electron chi connectivity index (χ4n) is 1.65. The Balaban J connectivity index is 1.93. The number of rotatable bonds is 3. The van der Waals surface area contributed by atoms with Gasteiger partial charge in [0, 0.05) is 13.1 Å². The van der Waals surface area contributed by atoms with Gasteiger partial charge in [0.1, 0.15) is 6.10 Å². The van der Waals surface area contributed by atoms with Gasteiger partial charge in [0.25, 0.3) is 0 Å². The number of likely N-dealkylation sites (N-methyl/N-ethyl adjacent to an activating group) is 1. The molecule has 1 saturated heterocycles. The van der Waals surface area contributed by atoms with Crippen molar-refractivity contribution in [3.05, 3.63) is 12.4 Å². The molecule has 0 N–H and O–H groups in total. The lowest BCUT2D eigenvalue weighted by molar-refractivity contribution is 0.205. The smallest absolute Gasteiger partial charge is 0.316 e. The Labute approximate surface area is 89.0 Å². The van der Waals surface area contributed by atoms with Crippen molar-refractivity contribution in [2.24, 2.45) is 0 Å². The summed E-state index contributed by atoms with van der Waals surface area (Å²) in [5, 5.41) is 0. The molecule has 0 radical (unpaired) electrons. The molecule has 2 heterocycles. The van der Waals surface area contributed by atoms with E-state index in [0.29, 0.717) is 11.8 Å². The van der Waals surface area contributed by atoms with Gasteiger partial charge in [-0.2, -0.15) is 9.97 Å². The number of ether oxygens (including phenoxy) is 2. The Morgan fingerprint density at radius 2 is 2.13 bits per heavy atom. The summed E-state index contributed by atoms with van der Waals surface area (Å²) in [6.45, 7) is 2.05. The number of methoxy groups -OCH3 is 1. The maximum Gasteiger partial charge on any atom is 0.316 e. The Bertz CT molecular complexity index is 315. The number of nitrogens with zero attached hydrogens (tertiary/aromatic N) is 3. The van der Waals surface area contributed by atoms with Gasteiger partial charge in [0.05, 0.1) is 19.5 Å². The average Bonchev–Trinajstić information content (AvgIpc) is 2.65. The van der Waals surface area contributed by atoms with Crippen LogP contribution in [0.5, 0.6) is 11.8 Å². The van der Waals surface area contributed by atoms with Crippen molar-refractivity contribution in [2.75, 3.05) is 27.2 Å². The molecular formula is C10H15N3O2. The topological polar surface area (TPSA) is 47.5 Å². The van der Waals surface area contributed by atoms with Crippen molar-refractivity contribution in [2.45, 2.75) is 12.5 Å². The van der Waals surface area contributed by atoms with Crippen LogP contribution in [0.15, 0.2) is 12.4 Å². The predicted octanol–water partition coefficient (Wildman–Crippen LogP) is 0.568. The minimum Gasteiger partial charge on any atom is -0.486 e. The van der Waals surface area contributed by atoms with Crippen LogP contribution in [-0.2, 0) is 0 Å². The van der Waals surface area contributed by atoms with Gasteiger partial charge >= 0.3 is 6.01 Å². The SMILES string of the molecule is COc1ncc(OC2CCN(C)C2)cn1. The molecule has 0 saturated carbocycles. The molecule has 0 spiro atoms. The Morgan fingerprint density at radius 1 is 1.40 bits per heavy atom. The number of aromatic nitrogens is 2. The number of hydrogen-bond acceptors (Lipinski definition) is 5. The summed E-state index contributed by atoms with van der Waals surface area (Å²) in [7, 11) is 3.63. The van der Waals surface area contributed by atoms with Gasteiger partial charge in [-0.25, -0.2) is 0 Å². The molecule has 1 aromatic heterocycles. The molecule has 0 aromatic carbocycles. The standard InChI is InChI=1S/C10H15N3O2/c1-13-4-3-8(7-13)15-9-5-11-10(14-2)12-6-9/h5-6,8H,3-4,7H2,1-2H3. The van der Waals surface area contributed by atoms with E-state index in [1.807, 2.05) is 0 Å². The zero-order valence-corrected chi connectivity index (χ0v) is 9.01. The summed E-state index contributed by atoms with van der Waals surface area (Å²) >= 11 is 0. The summed E-state index contributed by atoms with van der Waals surface area (Å²) < 4.78 is 10.6. The van der Waals surface area contributed by atoms with Crippen molar-refractivity contribution < 1.29 is 9.47 Å². The highest BCUT2D eigenvalue weighted by Gasteiger charge is 2.20. The van der Waals surface area contributed by atoms with E-state index in [-0.39, 0.29) is 6.10 Å². The minimum absolute atomic E-state index is 0.256. The first-order valence-corrected chi connectivity index (χ1v) is 4.99. The third-order valence-corrected chi connectivity index (χ3v) is 2.44. The largest absolute Gasteiger partial charge is 0.486 e. The molecule has 0 aliphatic carbocycles. The first-order chi connectivity index (χ1) is 7.28. The number of likely N-dealkylation sites (tertiary alicyclic amines) is 1. The molecule has 82 valence electrons. The van der Waals surface area contributed by atoms with E-state index in [0.717, 1.165) is 19.5 Å². The Morgan fingerprint density at radius 3 is 2.67 bits per heavy atom. The minimum atomic E-state index is 0.256. The van der Waals surface area contributed by atoms with Crippen LogP contribution in [0.4, 0.5) is 0 Å². The van der Waals surface area contributed by atoms with Crippen LogP contribution < -0.4 is 9.47 Å². The first-order valence-electron chi connectivity index (χ1n) is 4.99. The summed E-state index contributed by atoms with van der Waals surface area (Å²) in [5.74, 6) is 0.705. The van der Waals surface area contributed by atoms with Gasteiger partial charge in [-0.1, -0.05) is 0 Å². The zero-order valence-electron chi connectivity index (χ0n) is 9.01. The van der Waals surface area contributed by atoms with Gasteiger partial charge in [0.2, 0.25) is 0 Å². The summed E-state index contributed by atoms with van der Waals surface area (Å²) in [4.78, 5) is 10.2. The predicted molar refractivity (Wildman–Crippen MR) is 55.1 cm³/mol. The monoisotopic (exact) mass is 209 g/mol. The molecule has 1 unspecified atom stereocenters. The third kappa shape index (κ3) is 2.56. The molecule has 5 heteroatoms. The molecule has 1 aliphatic heterocycles. The van der Waals surface area contributed by atoms with E-state index < -0.39 is 0 Å². The van der Waals surface area contributed by atoms with Gasteiger partial charge in [-0.05, 0) is 13.5 Å². The van der Waals surface area contributed by atoms with Gasteiger partial charge in [0.15, 0.2) is 5.75 Å². The fourth-order valence-corrected chi connectivity index (χ4v) is 1.65. The van der Waals surface area contributed by atoms with Crippen molar-refractivity contribution in [3.8, 4) is 11.8 Å². The van der Waals surface area contributed by atoms with Crippen LogP contribution in [-0.4, -0.2) is 48.2 Å². The second kappa shape index (κ2) is 4.44. The molecule has 0 amide bonds. The molecular weight excluding hydrogens is 194 g/mol. The third-order valence-electron chi connectivity index (χ3n) is 2.44. The van der Waals surface area contributed by atoms with Crippen molar-refractivity contribution in [1.29, 1.82) is 0 Å². The van der Waals surface area contributed by atoms with Crippen LogP contribution in [0.25, 0.3) is 0 Å². The van der Waals surface area contributed by atoms with Gasteiger partial charge in [-0.15, -0.1) is 0 Å². The highest BCUT2D eigenvalue weighted by Crippen LogP contribution is 2.16. The normalized spacial score (nSPS) is 21.6. The molecule has 2 rings (SSSR count). The van der Waals surface area contributed by atoms with Crippen LogP contribution in [0.3, 0.4) is 0 Å². The number of hydrogen-bond donors (Lipinski definition) is 0. The lowest BCUT2D eigenvalue weighted by Crippen LogP contribution is -2.21. The highest BCUT2D eigenvalue weighted by atomic mass is 16.5. The fraction of sp³-hybridized carbons (Fsp3) is 0.600. The van der Waals surface area contributed by atoms with E-state index in [9.17, 15) is 0 Å². The molecule has 0 bridgehead atoms. The molecule has 1 aliphatic rings. The average molecular weight is 209 g/mol. The maximum absolute atomic E-state index is 5.72. The lowest BCUT2D eigenvalue weighted by Gasteiger charge is -2.12. The van der Waals surface area contributed by atoms with Crippen molar-refractivity contribution in [3.63, 3.8) is 0 Å². The second-order valence-corrected chi connectivity index (χ2v) is 3.70. The van der Waals surface area contributed by atoms with Crippen molar-refractivity contribution >= 4 is 0 Å². The van der Waals surface area contributed by atoms with E-state index in [2.05, 4.69) is 21.9 Å². The second-order valence-electron chi connectivity index (χ2n) is 3.70. The Kier molecular flexibility index (Phi) is 3.01. The Hall–Kier alpha value is -1.36. The lowest BCUT2D eigenvalue weighted by atomic mass is 10.3. The summed E-state index contributed by atoms with van der Waals surface area (Å²) in [5.41, 5.74) is 0. The quantitative estimate of drug-likeness (QED) is 0.728. The first kappa shape index (κ1) is 10.2. The van der Waals surface area contributed by atoms with Gasteiger partial charge in [-0.3, -0.25) is 0 Å². The van der Waals surface area contributed by atoms with Crippen LogP contribution in [0.1, 0.15) is 6.42 Å². The zero-order chi connectivity index (χ0) is 10.7. The van der Waals surface area contributed by atoms with E-state index in [1.165, 1.54) is 0 Å². The highest BCUT2D eigenvalue weighted by molar-refractivity contribution is 5.14. The molecule has 1 atom stereocenters. The van der Waals surface area contributed by atoms with E-state index in [1.54, 1.807) is 19.5 Å². The van der Waals surface area contributed by atoms with Crippen molar-refractivity contribution in [1.82, 2.24) is 14.9 Å². The molecule has 15 heavy (non-hydrogen) atoms. The van der Waals surface area contributed by atoms with Crippen LogP contribution >= 0.6 is 0 Å². The molecule has 1 aromatic rings. The van der Waals surface area contributed by atoms with Gasteiger partial charge < -0.3 is 14.4 Å². The molecule has 1 fully saturated rings.